The van der Waals surface area contributed by atoms with Crippen LogP contribution in [0.3, 0.4) is 0 Å². The highest BCUT2D eigenvalue weighted by atomic mass is 32.2. The predicted molar refractivity (Wildman–Crippen MR) is 60.7 cm³/mol. The summed E-state index contributed by atoms with van der Waals surface area (Å²) >= 11 is 0.881. The SMILES string of the molecule is O=C(O)c1csc(S(=O)(=O)N2CCC(O)C2)c1. The Bertz CT molecular complexity index is 535. The molecule has 1 unspecified atom stereocenters. The lowest BCUT2D eigenvalue weighted by Gasteiger charge is -2.13. The molecule has 0 aromatic carbocycles. The minimum Gasteiger partial charge on any atom is -0.478 e. The van der Waals surface area contributed by atoms with E-state index in [9.17, 15) is 18.3 Å². The molecule has 0 bridgehead atoms. The van der Waals surface area contributed by atoms with Crippen molar-refractivity contribution >= 4 is 27.3 Å². The number of aliphatic hydroxyl groups excluding tert-OH is 1. The van der Waals surface area contributed by atoms with Crippen LogP contribution in [0.4, 0.5) is 0 Å². The Balaban J connectivity index is 2.28. The van der Waals surface area contributed by atoms with Crippen molar-refractivity contribution in [3.63, 3.8) is 0 Å². The largest absolute Gasteiger partial charge is 0.478 e. The lowest BCUT2D eigenvalue weighted by molar-refractivity contribution is 0.0697. The van der Waals surface area contributed by atoms with Gasteiger partial charge in [0.2, 0.25) is 0 Å². The molecular weight excluding hydrogens is 266 g/mol. The van der Waals surface area contributed by atoms with Crippen molar-refractivity contribution in [2.24, 2.45) is 0 Å². The van der Waals surface area contributed by atoms with Crippen molar-refractivity contribution in [3.05, 3.63) is 17.0 Å². The van der Waals surface area contributed by atoms with E-state index < -0.39 is 22.1 Å². The van der Waals surface area contributed by atoms with Crippen LogP contribution in [0.5, 0.6) is 0 Å². The van der Waals surface area contributed by atoms with E-state index in [4.69, 9.17) is 5.11 Å². The van der Waals surface area contributed by atoms with Crippen molar-refractivity contribution in [2.45, 2.75) is 16.7 Å². The average molecular weight is 277 g/mol. The van der Waals surface area contributed by atoms with Crippen LogP contribution in [0.1, 0.15) is 16.8 Å². The smallest absolute Gasteiger partial charge is 0.336 e. The molecule has 0 radical (unpaired) electrons. The van der Waals surface area contributed by atoms with Gasteiger partial charge in [-0.05, 0) is 12.5 Å². The zero-order valence-corrected chi connectivity index (χ0v) is 10.4. The maximum absolute atomic E-state index is 12.0. The Hall–Kier alpha value is -0.960. The first-order valence-corrected chi connectivity index (χ1v) is 7.23. The third-order valence-electron chi connectivity index (χ3n) is 2.54. The summed E-state index contributed by atoms with van der Waals surface area (Å²) in [7, 11) is -3.66. The second-order valence-corrected chi connectivity index (χ2v) is 6.84. The van der Waals surface area contributed by atoms with Crippen LogP contribution in [0, 0.1) is 0 Å². The Kier molecular flexibility index (Phi) is 3.21. The molecule has 1 atom stereocenters. The molecule has 0 spiro atoms. The molecule has 0 saturated carbocycles. The van der Waals surface area contributed by atoms with E-state index in [1.165, 1.54) is 9.69 Å². The topological polar surface area (TPSA) is 94.9 Å². The minimum atomic E-state index is -3.66. The average Bonchev–Trinajstić information content (AvgIpc) is 2.85. The van der Waals surface area contributed by atoms with Crippen LogP contribution in [-0.2, 0) is 10.0 Å². The zero-order valence-electron chi connectivity index (χ0n) is 8.74. The summed E-state index contributed by atoms with van der Waals surface area (Å²) in [6.07, 6.45) is -0.222. The number of β-amino-alcohol motifs (C(OH)–C–C–N with tert-alkyl or cyclic N) is 1. The van der Waals surface area contributed by atoms with Gasteiger partial charge in [0.15, 0.2) is 0 Å². The minimum absolute atomic E-state index is 0.00370. The molecule has 1 aromatic heterocycles. The molecule has 1 fully saturated rings. The number of hydrogen-bond acceptors (Lipinski definition) is 5. The maximum Gasteiger partial charge on any atom is 0.336 e. The monoisotopic (exact) mass is 277 g/mol. The first-order valence-electron chi connectivity index (χ1n) is 4.91. The molecule has 1 aliphatic rings. The second kappa shape index (κ2) is 4.37. The standard InChI is InChI=1S/C9H11NO5S2/c11-7-1-2-10(4-7)17(14,15)8-3-6(5-16-8)9(12)13/h3,5,7,11H,1-2,4H2,(H,12,13). The van der Waals surface area contributed by atoms with Crippen LogP contribution in [0.25, 0.3) is 0 Å². The summed E-state index contributed by atoms with van der Waals surface area (Å²) in [6, 6.07) is 1.15. The van der Waals surface area contributed by atoms with Crippen molar-refractivity contribution in [1.29, 1.82) is 0 Å². The van der Waals surface area contributed by atoms with Gasteiger partial charge in [0.1, 0.15) is 4.21 Å². The van der Waals surface area contributed by atoms with Crippen LogP contribution >= 0.6 is 11.3 Å². The molecule has 6 nitrogen and oxygen atoms in total. The number of carboxylic acid groups (broad SMARTS) is 1. The molecule has 2 rings (SSSR count). The van der Waals surface area contributed by atoms with Gasteiger partial charge in [-0.3, -0.25) is 0 Å². The number of rotatable bonds is 3. The number of thiophene rings is 1. The maximum atomic E-state index is 12.0. The highest BCUT2D eigenvalue weighted by Crippen LogP contribution is 2.26. The number of carboxylic acids is 1. The fourth-order valence-corrected chi connectivity index (χ4v) is 4.42. The normalized spacial score (nSPS) is 21.8. The summed E-state index contributed by atoms with van der Waals surface area (Å²) in [6.45, 7) is 0.340. The summed E-state index contributed by atoms with van der Waals surface area (Å²) < 4.78 is 25.3. The Morgan fingerprint density at radius 3 is 2.71 bits per heavy atom. The summed E-state index contributed by atoms with van der Waals surface area (Å²) in [5.74, 6) is -1.15. The molecule has 1 aromatic rings. The Morgan fingerprint density at radius 1 is 1.53 bits per heavy atom. The third kappa shape index (κ3) is 2.34. The lowest BCUT2D eigenvalue weighted by Crippen LogP contribution is -2.29. The van der Waals surface area contributed by atoms with Crippen LogP contribution < -0.4 is 0 Å². The summed E-state index contributed by atoms with van der Waals surface area (Å²) in [5.41, 5.74) is -0.0340. The summed E-state index contributed by atoms with van der Waals surface area (Å²) in [5, 5.41) is 19.3. The van der Waals surface area contributed by atoms with E-state index in [1.807, 2.05) is 0 Å². The van der Waals surface area contributed by atoms with Gasteiger partial charge in [0.25, 0.3) is 10.0 Å². The number of hydrogen-bond donors (Lipinski definition) is 2. The van der Waals surface area contributed by atoms with Gasteiger partial charge in [-0.1, -0.05) is 0 Å². The van der Waals surface area contributed by atoms with Crippen LogP contribution in [-0.4, -0.2) is 48.1 Å². The number of sulfonamides is 1. The second-order valence-electron chi connectivity index (χ2n) is 3.77. The van der Waals surface area contributed by atoms with Crippen LogP contribution in [0.15, 0.2) is 15.7 Å². The highest BCUT2D eigenvalue weighted by molar-refractivity contribution is 7.91. The molecular formula is C9H11NO5S2. The number of nitrogens with zero attached hydrogens (tertiary/aromatic N) is 1. The molecule has 2 N–H and O–H groups in total. The number of carbonyl (C=O) groups is 1. The van der Waals surface area contributed by atoms with E-state index in [2.05, 4.69) is 0 Å². The van der Waals surface area contributed by atoms with Crippen molar-refractivity contribution < 1.29 is 23.4 Å². The van der Waals surface area contributed by atoms with E-state index in [0.29, 0.717) is 6.42 Å². The Labute approximate surface area is 102 Å². The van der Waals surface area contributed by atoms with E-state index in [-0.39, 0.29) is 22.9 Å². The van der Waals surface area contributed by atoms with E-state index >= 15 is 0 Å². The molecule has 8 heteroatoms. The first-order chi connectivity index (χ1) is 7.91. The summed E-state index contributed by atoms with van der Waals surface area (Å²) in [4.78, 5) is 10.7. The van der Waals surface area contributed by atoms with Gasteiger partial charge in [-0.2, -0.15) is 4.31 Å². The molecule has 17 heavy (non-hydrogen) atoms. The predicted octanol–water partition coefficient (Wildman–Crippen LogP) is 0.202. The number of aliphatic hydroxyl groups is 1. The zero-order chi connectivity index (χ0) is 12.6. The van der Waals surface area contributed by atoms with Gasteiger partial charge in [0.05, 0.1) is 11.7 Å². The molecule has 1 saturated heterocycles. The van der Waals surface area contributed by atoms with Gasteiger partial charge in [-0.15, -0.1) is 11.3 Å². The quantitative estimate of drug-likeness (QED) is 0.823. The van der Waals surface area contributed by atoms with Crippen molar-refractivity contribution in [2.75, 3.05) is 13.1 Å². The van der Waals surface area contributed by atoms with Crippen molar-refractivity contribution in [3.8, 4) is 0 Å². The fourth-order valence-electron chi connectivity index (χ4n) is 1.62. The number of aromatic carboxylic acids is 1. The third-order valence-corrected chi connectivity index (χ3v) is 5.82. The molecule has 1 aliphatic heterocycles. The molecule has 0 aliphatic carbocycles. The van der Waals surface area contributed by atoms with Gasteiger partial charge < -0.3 is 10.2 Å². The van der Waals surface area contributed by atoms with Gasteiger partial charge in [0, 0.05) is 18.5 Å². The molecule has 0 amide bonds. The van der Waals surface area contributed by atoms with E-state index in [1.54, 1.807) is 0 Å². The Morgan fingerprint density at radius 2 is 2.24 bits per heavy atom. The van der Waals surface area contributed by atoms with Gasteiger partial charge >= 0.3 is 5.97 Å². The van der Waals surface area contributed by atoms with Crippen molar-refractivity contribution in [1.82, 2.24) is 4.31 Å². The molecule has 94 valence electrons. The van der Waals surface area contributed by atoms with E-state index in [0.717, 1.165) is 17.4 Å². The molecule has 2 heterocycles. The fraction of sp³-hybridized carbons (Fsp3) is 0.444. The highest BCUT2D eigenvalue weighted by Gasteiger charge is 2.32. The van der Waals surface area contributed by atoms with Gasteiger partial charge in [-0.25, -0.2) is 13.2 Å². The lowest BCUT2D eigenvalue weighted by atomic mass is 10.3. The first kappa shape index (κ1) is 12.5. The van der Waals surface area contributed by atoms with Crippen LogP contribution in [0.2, 0.25) is 0 Å².